The molecule has 4 heteroatoms. The second-order valence-corrected chi connectivity index (χ2v) is 12.2. The van der Waals surface area contributed by atoms with Gasteiger partial charge < -0.3 is 4.40 Å². The fourth-order valence-electron chi connectivity index (χ4n) is 7.95. The molecule has 11 rings (SSSR count). The van der Waals surface area contributed by atoms with Gasteiger partial charge in [0.1, 0.15) is 0 Å². The van der Waals surface area contributed by atoms with Crippen molar-refractivity contribution in [3.8, 4) is 17.2 Å². The lowest BCUT2D eigenvalue weighted by molar-refractivity contribution is 1.02. The van der Waals surface area contributed by atoms with Gasteiger partial charge in [0.05, 0.1) is 38.8 Å². The summed E-state index contributed by atoms with van der Waals surface area (Å²) in [5.41, 5.74) is 8.82. The topological polar surface area (TPSA) is 35.1 Å². The molecule has 0 amide bonds. The number of fused-ring (bicyclic) bond motifs is 9. The molecule has 0 N–H and O–H groups in total. The maximum atomic E-state index is 5.41. The summed E-state index contributed by atoms with van der Waals surface area (Å²) in [6, 6.07) is 52.1. The van der Waals surface area contributed by atoms with Crippen LogP contribution in [0, 0.1) is 0 Å². The van der Waals surface area contributed by atoms with Crippen molar-refractivity contribution < 1.29 is 0 Å². The summed E-state index contributed by atoms with van der Waals surface area (Å²) in [7, 11) is 0. The van der Waals surface area contributed by atoms with Crippen molar-refractivity contribution in [3.63, 3.8) is 0 Å². The summed E-state index contributed by atoms with van der Waals surface area (Å²) in [4.78, 5) is 10.8. The molecule has 7 aromatic carbocycles. The Morgan fingerprint density at radius 2 is 1.02 bits per heavy atom. The second-order valence-electron chi connectivity index (χ2n) is 12.2. The normalized spacial score (nSPS) is 12.3. The van der Waals surface area contributed by atoms with Gasteiger partial charge in [-0.1, -0.05) is 115 Å². The summed E-state index contributed by atoms with van der Waals surface area (Å²) in [5, 5.41) is 10.8. The molecule has 0 aliphatic rings. The molecule has 212 valence electrons. The molecule has 0 aliphatic carbocycles. The van der Waals surface area contributed by atoms with E-state index >= 15 is 0 Å². The zero-order valence-corrected chi connectivity index (χ0v) is 24.6. The van der Waals surface area contributed by atoms with Crippen LogP contribution in [0.5, 0.6) is 0 Å². The molecule has 0 bridgehead atoms. The lowest BCUT2D eigenvalue weighted by atomic mass is 10.0. The van der Waals surface area contributed by atoms with Crippen molar-refractivity contribution in [1.82, 2.24) is 18.9 Å². The highest BCUT2D eigenvalue weighted by molar-refractivity contribution is 6.33. The largest absolute Gasteiger partial charge is 0.308 e. The quantitative estimate of drug-likeness (QED) is 0.190. The average Bonchev–Trinajstić information content (AvgIpc) is 3.60. The lowest BCUT2D eigenvalue weighted by Crippen LogP contribution is -2.04. The van der Waals surface area contributed by atoms with E-state index in [1.807, 2.05) is 0 Å². The zero-order valence-electron chi connectivity index (χ0n) is 24.6. The lowest BCUT2D eigenvalue weighted by Gasteiger charge is -2.13. The average molecular weight is 585 g/mol. The fourth-order valence-corrected chi connectivity index (χ4v) is 7.95. The van der Waals surface area contributed by atoms with E-state index < -0.39 is 0 Å². The van der Waals surface area contributed by atoms with E-state index in [0.717, 1.165) is 38.6 Å². The molecular weight excluding hydrogens is 560 g/mol. The third-order valence-corrected chi connectivity index (χ3v) is 9.85. The number of hydrogen-bond acceptors (Lipinski definition) is 2. The summed E-state index contributed by atoms with van der Waals surface area (Å²) < 4.78 is 4.76. The second kappa shape index (κ2) is 8.68. The van der Waals surface area contributed by atoms with Gasteiger partial charge in [-0.2, -0.15) is 0 Å². The van der Waals surface area contributed by atoms with Gasteiger partial charge in [-0.25, -0.2) is 9.97 Å². The van der Waals surface area contributed by atoms with Crippen molar-refractivity contribution in [1.29, 1.82) is 0 Å². The Morgan fingerprint density at radius 3 is 1.85 bits per heavy atom. The van der Waals surface area contributed by atoms with Crippen LogP contribution in [0.3, 0.4) is 0 Å². The standard InChI is InChI=1S/C42H24N4/c1-2-12-26(13-3-1)39-32-22-21-25-11-4-5-14-27(25)40(32)44-42(43-39)46-35-20-10-17-30-28-15-6-8-18-33(28)45-34-19-9-7-16-29(34)31-23-24-36(46)38(37(30)35)41(31)45/h1-24H. The maximum Gasteiger partial charge on any atom is 0.235 e. The van der Waals surface area contributed by atoms with Gasteiger partial charge in [-0.15, -0.1) is 0 Å². The van der Waals surface area contributed by atoms with Crippen molar-refractivity contribution in [2.24, 2.45) is 0 Å². The van der Waals surface area contributed by atoms with Crippen LogP contribution < -0.4 is 0 Å². The Labute approximate surface area is 262 Å². The summed E-state index contributed by atoms with van der Waals surface area (Å²) in [5.74, 6) is 0.677. The molecule has 0 fully saturated rings. The highest BCUT2D eigenvalue weighted by atomic mass is 15.2. The van der Waals surface area contributed by atoms with Crippen molar-refractivity contribution in [2.45, 2.75) is 0 Å². The van der Waals surface area contributed by atoms with Crippen LogP contribution in [-0.4, -0.2) is 18.9 Å². The van der Waals surface area contributed by atoms with Crippen LogP contribution in [0.2, 0.25) is 0 Å². The van der Waals surface area contributed by atoms with Crippen LogP contribution >= 0.6 is 0 Å². The predicted octanol–water partition coefficient (Wildman–Crippen LogP) is 10.7. The van der Waals surface area contributed by atoms with Crippen LogP contribution in [0.1, 0.15) is 0 Å². The van der Waals surface area contributed by atoms with Gasteiger partial charge in [0.15, 0.2) is 0 Å². The minimum atomic E-state index is 0.677. The van der Waals surface area contributed by atoms with Crippen molar-refractivity contribution >= 4 is 81.6 Å². The molecule has 0 spiro atoms. The molecule has 11 aromatic rings. The van der Waals surface area contributed by atoms with Crippen LogP contribution in [0.15, 0.2) is 146 Å². The smallest absolute Gasteiger partial charge is 0.235 e. The number of benzene rings is 7. The Morgan fingerprint density at radius 1 is 0.391 bits per heavy atom. The molecule has 0 atom stereocenters. The minimum Gasteiger partial charge on any atom is -0.308 e. The molecule has 46 heavy (non-hydrogen) atoms. The van der Waals surface area contributed by atoms with Crippen LogP contribution in [0.25, 0.3) is 98.8 Å². The molecule has 0 aliphatic heterocycles. The summed E-state index contributed by atoms with van der Waals surface area (Å²) >= 11 is 0. The highest BCUT2D eigenvalue weighted by Crippen LogP contribution is 2.45. The minimum absolute atomic E-state index is 0.677. The Balaban J connectivity index is 1.39. The van der Waals surface area contributed by atoms with Gasteiger partial charge in [-0.3, -0.25) is 4.57 Å². The molecule has 4 aromatic heterocycles. The third-order valence-electron chi connectivity index (χ3n) is 9.85. The van der Waals surface area contributed by atoms with Crippen LogP contribution in [-0.2, 0) is 0 Å². The number of rotatable bonds is 2. The van der Waals surface area contributed by atoms with E-state index in [2.05, 4.69) is 155 Å². The first-order valence-corrected chi connectivity index (χ1v) is 15.7. The Bertz CT molecular complexity index is 3020. The fraction of sp³-hybridized carbons (Fsp3) is 0. The SMILES string of the molecule is c1ccc(-c2nc(-n3c4cccc5c6ccccc6n6c7ccccc7c7ccc3c(c54)c76)nc3c2ccc2ccccc23)cc1. The molecular formula is C42H24N4. The van der Waals surface area contributed by atoms with E-state index in [4.69, 9.17) is 9.97 Å². The predicted molar refractivity (Wildman–Crippen MR) is 191 cm³/mol. The number of hydrogen-bond donors (Lipinski definition) is 0. The van der Waals surface area contributed by atoms with E-state index in [-0.39, 0.29) is 0 Å². The monoisotopic (exact) mass is 584 g/mol. The Kier molecular flexibility index (Phi) is 4.55. The number of nitrogens with zero attached hydrogens (tertiary/aromatic N) is 4. The van der Waals surface area contributed by atoms with Crippen molar-refractivity contribution in [3.05, 3.63) is 146 Å². The first-order chi connectivity index (χ1) is 22.8. The van der Waals surface area contributed by atoms with E-state index in [0.29, 0.717) is 5.95 Å². The van der Waals surface area contributed by atoms with E-state index in [1.165, 1.54) is 54.3 Å². The first-order valence-electron chi connectivity index (χ1n) is 15.7. The first kappa shape index (κ1) is 24.1. The van der Waals surface area contributed by atoms with Crippen molar-refractivity contribution in [2.75, 3.05) is 0 Å². The van der Waals surface area contributed by atoms with Gasteiger partial charge in [0.2, 0.25) is 5.95 Å². The molecule has 0 saturated carbocycles. The van der Waals surface area contributed by atoms with Crippen LogP contribution in [0.4, 0.5) is 0 Å². The number of aromatic nitrogens is 4. The van der Waals surface area contributed by atoms with Gasteiger partial charge in [0.25, 0.3) is 0 Å². The molecule has 4 nitrogen and oxygen atoms in total. The Hall–Kier alpha value is -6.26. The molecule has 0 unspecified atom stereocenters. The molecule has 0 radical (unpaired) electrons. The zero-order chi connectivity index (χ0) is 29.9. The summed E-state index contributed by atoms with van der Waals surface area (Å²) in [6.45, 7) is 0. The maximum absolute atomic E-state index is 5.41. The number of para-hydroxylation sites is 2. The highest BCUT2D eigenvalue weighted by Gasteiger charge is 2.24. The molecule has 4 heterocycles. The summed E-state index contributed by atoms with van der Waals surface area (Å²) in [6.07, 6.45) is 0. The van der Waals surface area contributed by atoms with Gasteiger partial charge >= 0.3 is 0 Å². The van der Waals surface area contributed by atoms with E-state index in [9.17, 15) is 0 Å². The third kappa shape index (κ3) is 2.98. The van der Waals surface area contributed by atoms with E-state index in [1.54, 1.807) is 0 Å². The van der Waals surface area contributed by atoms with Gasteiger partial charge in [-0.05, 0) is 41.1 Å². The van der Waals surface area contributed by atoms with Gasteiger partial charge in [0, 0.05) is 43.3 Å². The molecule has 0 saturated heterocycles.